The fourth-order valence-corrected chi connectivity index (χ4v) is 3.74. The number of dihydropyridines is 1. The van der Waals surface area contributed by atoms with E-state index in [1.807, 2.05) is 27.0 Å². The number of likely N-dealkylation sites (tertiary alicyclic amines) is 1. The summed E-state index contributed by atoms with van der Waals surface area (Å²) in [5, 5.41) is 13.0. The molecule has 1 saturated heterocycles. The third kappa shape index (κ3) is 4.68. The molecule has 1 fully saturated rings. The fourth-order valence-electron chi connectivity index (χ4n) is 2.48. The van der Waals surface area contributed by atoms with Crippen LogP contribution in [-0.4, -0.2) is 52.7 Å². The van der Waals surface area contributed by atoms with Gasteiger partial charge < -0.3 is 20.1 Å². The molecular formula is C16H26N2O3S. The van der Waals surface area contributed by atoms with E-state index in [0.29, 0.717) is 13.1 Å². The Kier molecular flexibility index (Phi) is 5.45. The summed E-state index contributed by atoms with van der Waals surface area (Å²) in [6.07, 6.45) is 7.41. The lowest BCUT2D eigenvalue weighted by Gasteiger charge is -2.40. The first kappa shape index (κ1) is 17.2. The summed E-state index contributed by atoms with van der Waals surface area (Å²) in [6, 6.07) is 0. The summed E-state index contributed by atoms with van der Waals surface area (Å²) < 4.78 is 5.20. The number of carbonyl (C=O) groups is 1. The van der Waals surface area contributed by atoms with Crippen LogP contribution in [0.1, 0.15) is 33.6 Å². The summed E-state index contributed by atoms with van der Waals surface area (Å²) in [4.78, 5) is 15.0. The first-order valence-corrected chi connectivity index (χ1v) is 8.53. The second kappa shape index (κ2) is 6.96. The Balaban J connectivity index is 1.92. The molecule has 0 unspecified atom stereocenters. The SMILES string of the molecule is CC(C)(C)OC(=O)N1CCC(CO)(SC2=CNCC=C2)CC1. The number of rotatable bonds is 3. The average molecular weight is 326 g/mol. The largest absolute Gasteiger partial charge is 0.444 e. The highest BCUT2D eigenvalue weighted by molar-refractivity contribution is 8.04. The molecule has 22 heavy (non-hydrogen) atoms. The summed E-state index contributed by atoms with van der Waals surface area (Å²) in [7, 11) is 0. The van der Waals surface area contributed by atoms with E-state index in [1.54, 1.807) is 16.7 Å². The van der Waals surface area contributed by atoms with Gasteiger partial charge in [-0.25, -0.2) is 4.79 Å². The topological polar surface area (TPSA) is 61.8 Å². The number of nitrogens with zero attached hydrogens (tertiary/aromatic N) is 1. The molecule has 2 heterocycles. The van der Waals surface area contributed by atoms with Crippen molar-refractivity contribution in [1.29, 1.82) is 0 Å². The van der Waals surface area contributed by atoms with E-state index < -0.39 is 5.60 Å². The van der Waals surface area contributed by atoms with Gasteiger partial charge in [-0.05, 0) is 39.7 Å². The molecule has 0 aromatic rings. The molecular weight excluding hydrogens is 300 g/mol. The molecule has 124 valence electrons. The van der Waals surface area contributed by atoms with Crippen LogP contribution in [0.5, 0.6) is 0 Å². The Labute approximate surface area is 136 Å². The van der Waals surface area contributed by atoms with Crippen LogP contribution in [0, 0.1) is 0 Å². The van der Waals surface area contributed by atoms with Crippen molar-refractivity contribution < 1.29 is 14.6 Å². The molecule has 2 aliphatic rings. The van der Waals surface area contributed by atoms with Crippen LogP contribution < -0.4 is 5.32 Å². The van der Waals surface area contributed by atoms with Gasteiger partial charge in [0.1, 0.15) is 5.60 Å². The Morgan fingerprint density at radius 1 is 1.45 bits per heavy atom. The van der Waals surface area contributed by atoms with Crippen molar-refractivity contribution in [1.82, 2.24) is 10.2 Å². The third-order valence-electron chi connectivity index (χ3n) is 3.71. The lowest BCUT2D eigenvalue weighted by atomic mass is 9.97. The van der Waals surface area contributed by atoms with Gasteiger partial charge in [-0.1, -0.05) is 6.08 Å². The maximum atomic E-state index is 12.1. The molecule has 0 spiro atoms. The minimum absolute atomic E-state index is 0.116. The van der Waals surface area contributed by atoms with E-state index in [0.717, 1.165) is 24.3 Å². The Morgan fingerprint density at radius 3 is 2.64 bits per heavy atom. The third-order valence-corrected chi connectivity index (χ3v) is 5.17. The number of piperidine rings is 1. The van der Waals surface area contributed by atoms with Crippen molar-refractivity contribution in [3.8, 4) is 0 Å². The molecule has 0 aromatic heterocycles. The van der Waals surface area contributed by atoms with Crippen LogP contribution in [0.25, 0.3) is 0 Å². The molecule has 0 bridgehead atoms. The molecule has 0 saturated carbocycles. The molecule has 5 nitrogen and oxygen atoms in total. The maximum absolute atomic E-state index is 12.1. The van der Waals surface area contributed by atoms with Gasteiger partial charge >= 0.3 is 6.09 Å². The molecule has 1 amide bonds. The average Bonchev–Trinajstić information content (AvgIpc) is 2.47. The molecule has 0 aliphatic carbocycles. The molecule has 0 radical (unpaired) electrons. The predicted molar refractivity (Wildman–Crippen MR) is 89.7 cm³/mol. The minimum atomic E-state index is -0.472. The van der Waals surface area contributed by atoms with E-state index in [-0.39, 0.29) is 17.4 Å². The van der Waals surface area contributed by atoms with Gasteiger partial charge in [0.2, 0.25) is 0 Å². The van der Waals surface area contributed by atoms with E-state index in [2.05, 4.69) is 17.5 Å². The number of hydrogen-bond donors (Lipinski definition) is 2. The minimum Gasteiger partial charge on any atom is -0.444 e. The van der Waals surface area contributed by atoms with E-state index >= 15 is 0 Å². The van der Waals surface area contributed by atoms with Gasteiger partial charge in [0, 0.05) is 35.5 Å². The quantitative estimate of drug-likeness (QED) is 0.834. The maximum Gasteiger partial charge on any atom is 0.410 e. The number of thioether (sulfide) groups is 1. The first-order chi connectivity index (χ1) is 10.3. The van der Waals surface area contributed by atoms with Crippen molar-refractivity contribution >= 4 is 17.9 Å². The lowest BCUT2D eigenvalue weighted by Crippen LogP contribution is -2.48. The zero-order valence-corrected chi connectivity index (χ0v) is 14.4. The molecule has 2 aliphatic heterocycles. The number of allylic oxidation sites excluding steroid dienone is 1. The van der Waals surface area contributed by atoms with Crippen molar-refractivity contribution in [3.63, 3.8) is 0 Å². The van der Waals surface area contributed by atoms with Crippen LogP contribution in [0.15, 0.2) is 23.3 Å². The number of carbonyl (C=O) groups excluding carboxylic acids is 1. The predicted octanol–water partition coefficient (Wildman–Crippen LogP) is 2.48. The monoisotopic (exact) mass is 326 g/mol. The van der Waals surface area contributed by atoms with Gasteiger partial charge in [0.15, 0.2) is 0 Å². The van der Waals surface area contributed by atoms with Crippen molar-refractivity contribution in [3.05, 3.63) is 23.3 Å². The second-order valence-electron chi connectivity index (χ2n) is 6.77. The van der Waals surface area contributed by atoms with Gasteiger partial charge in [-0.3, -0.25) is 0 Å². The second-order valence-corrected chi connectivity index (χ2v) is 8.31. The molecule has 2 N–H and O–H groups in total. The van der Waals surface area contributed by atoms with Gasteiger partial charge in [0.05, 0.1) is 6.61 Å². The van der Waals surface area contributed by atoms with Crippen molar-refractivity contribution in [2.24, 2.45) is 0 Å². The van der Waals surface area contributed by atoms with Crippen LogP contribution in [-0.2, 0) is 4.74 Å². The number of hydrogen-bond acceptors (Lipinski definition) is 5. The fraction of sp³-hybridized carbons (Fsp3) is 0.688. The van der Waals surface area contributed by atoms with Crippen LogP contribution in [0.4, 0.5) is 4.79 Å². The normalized spacial score (nSPS) is 21.1. The Hall–Kier alpha value is -1.14. The van der Waals surface area contributed by atoms with Crippen LogP contribution in [0.2, 0.25) is 0 Å². The van der Waals surface area contributed by atoms with E-state index in [4.69, 9.17) is 4.74 Å². The van der Waals surface area contributed by atoms with Gasteiger partial charge in [-0.2, -0.15) is 0 Å². The zero-order valence-electron chi connectivity index (χ0n) is 13.6. The van der Waals surface area contributed by atoms with Crippen LogP contribution in [0.3, 0.4) is 0 Å². The molecule has 2 rings (SSSR count). The lowest BCUT2D eigenvalue weighted by molar-refractivity contribution is 0.0179. The standard InChI is InChI=1S/C16H26N2O3S/c1-15(2,3)21-14(20)18-9-6-16(12-19,7-10-18)22-13-5-4-8-17-11-13/h4-5,11,17,19H,6-10,12H2,1-3H3. The highest BCUT2D eigenvalue weighted by atomic mass is 32.2. The summed E-state index contributed by atoms with van der Waals surface area (Å²) in [5.74, 6) is 0. The van der Waals surface area contributed by atoms with E-state index in [1.165, 1.54) is 0 Å². The zero-order chi connectivity index (χ0) is 16.2. The van der Waals surface area contributed by atoms with Crippen molar-refractivity contribution in [2.75, 3.05) is 26.2 Å². The molecule has 6 heteroatoms. The van der Waals surface area contributed by atoms with Crippen molar-refractivity contribution in [2.45, 2.75) is 44.0 Å². The molecule has 0 aromatic carbocycles. The highest BCUT2D eigenvalue weighted by Crippen LogP contribution is 2.41. The van der Waals surface area contributed by atoms with Gasteiger partial charge in [0.25, 0.3) is 0 Å². The number of nitrogens with one attached hydrogen (secondary N) is 1. The summed E-state index contributed by atoms with van der Waals surface area (Å²) in [6.45, 7) is 7.82. The number of ether oxygens (including phenoxy) is 1. The summed E-state index contributed by atoms with van der Waals surface area (Å²) in [5.41, 5.74) is -0.472. The Morgan fingerprint density at radius 2 is 2.14 bits per heavy atom. The Bertz CT molecular complexity index is 461. The van der Waals surface area contributed by atoms with Gasteiger partial charge in [-0.15, -0.1) is 11.8 Å². The first-order valence-electron chi connectivity index (χ1n) is 7.71. The summed E-state index contributed by atoms with van der Waals surface area (Å²) >= 11 is 1.70. The number of amides is 1. The smallest absolute Gasteiger partial charge is 0.410 e. The number of aliphatic hydroxyl groups excluding tert-OH is 1. The van der Waals surface area contributed by atoms with E-state index in [9.17, 15) is 9.90 Å². The number of aliphatic hydroxyl groups is 1. The highest BCUT2D eigenvalue weighted by Gasteiger charge is 2.38. The van der Waals surface area contributed by atoms with Crippen LogP contribution >= 0.6 is 11.8 Å². The molecule has 0 atom stereocenters.